The van der Waals surface area contributed by atoms with Gasteiger partial charge in [0.1, 0.15) is 13.6 Å². The lowest BCUT2D eigenvalue weighted by molar-refractivity contribution is -0.124. The Bertz CT molecular complexity index is 332. The zero-order chi connectivity index (χ0) is 12.8. The van der Waals surface area contributed by atoms with Crippen molar-refractivity contribution in [3.63, 3.8) is 0 Å². The number of hydrogen-bond acceptors (Lipinski definition) is 1. The molecule has 0 spiro atoms. The summed E-state index contributed by atoms with van der Waals surface area (Å²) < 4.78 is 0. The maximum absolute atomic E-state index is 12.5. The molecule has 4 unspecified atom stereocenters. The first-order chi connectivity index (χ1) is 8.57. The van der Waals surface area contributed by atoms with E-state index in [1.165, 1.54) is 44.9 Å². The molecule has 0 radical (unpaired) electrons. The maximum Gasteiger partial charge on any atom is 0.136 e. The van der Waals surface area contributed by atoms with Crippen molar-refractivity contribution < 1.29 is 4.79 Å². The molecule has 0 aromatic rings. The summed E-state index contributed by atoms with van der Waals surface area (Å²) in [7, 11) is 2.36. The third kappa shape index (κ3) is 2.28. The molecule has 4 atom stereocenters. The topological polar surface area (TPSA) is 17.1 Å². The Labute approximate surface area is 113 Å². The van der Waals surface area contributed by atoms with Crippen LogP contribution in [0.2, 0.25) is 5.82 Å². The van der Waals surface area contributed by atoms with Crippen LogP contribution >= 0.6 is 0 Å². The number of ketones is 1. The Morgan fingerprint density at radius 2 is 1.94 bits per heavy atom. The van der Waals surface area contributed by atoms with Crippen LogP contribution in [0, 0.1) is 23.2 Å². The fraction of sp³-hybridized carbons (Fsp3) is 0.938. The second-order valence-electron chi connectivity index (χ2n) is 7.80. The molecule has 1 nitrogen and oxygen atoms in total. The van der Waals surface area contributed by atoms with Crippen molar-refractivity contribution >= 4 is 13.6 Å². The van der Waals surface area contributed by atoms with E-state index in [4.69, 9.17) is 0 Å². The van der Waals surface area contributed by atoms with E-state index in [1.54, 1.807) is 0 Å². The molecule has 0 amide bonds. The lowest BCUT2D eigenvalue weighted by Gasteiger charge is -2.28. The van der Waals surface area contributed by atoms with Gasteiger partial charge in [-0.3, -0.25) is 4.79 Å². The van der Waals surface area contributed by atoms with E-state index in [-0.39, 0.29) is 0 Å². The molecular weight excluding hydrogens is 219 g/mol. The smallest absolute Gasteiger partial charge is 0.136 e. The van der Waals surface area contributed by atoms with Gasteiger partial charge in [-0.05, 0) is 49.4 Å². The first-order valence-electron chi connectivity index (χ1n) is 8.10. The largest absolute Gasteiger partial charge is 0.299 e. The molecule has 0 N–H and O–H groups in total. The number of Topliss-reactive ketones (excluding diaryl/α,β-unsaturated/α-hetero) is 1. The number of carbonyl (C=O) groups excluding carboxylic acids is 1. The molecule has 3 fully saturated rings. The van der Waals surface area contributed by atoms with Crippen molar-refractivity contribution in [2.75, 3.05) is 0 Å². The molecule has 3 rings (SSSR count). The summed E-state index contributed by atoms with van der Waals surface area (Å²) in [6.07, 6.45) is 11.5. The highest BCUT2D eigenvalue weighted by Crippen LogP contribution is 2.54. The molecular formula is C16H27BO. The van der Waals surface area contributed by atoms with Crippen LogP contribution in [0.5, 0.6) is 0 Å². The van der Waals surface area contributed by atoms with Gasteiger partial charge in [0.2, 0.25) is 0 Å². The summed E-state index contributed by atoms with van der Waals surface area (Å²) in [5.41, 5.74) is 0.499. The SMILES string of the molecule is BC1CC2CC(C(=O)CCC3(C)CCCC3)C1C2. The zero-order valence-corrected chi connectivity index (χ0v) is 12.1. The van der Waals surface area contributed by atoms with E-state index in [2.05, 4.69) is 14.8 Å². The molecule has 0 heterocycles. The monoisotopic (exact) mass is 246 g/mol. The average Bonchev–Trinajstić information content (AvgIpc) is 3.01. The lowest BCUT2D eigenvalue weighted by Crippen LogP contribution is -2.25. The first kappa shape index (κ1) is 12.8. The van der Waals surface area contributed by atoms with E-state index >= 15 is 0 Å². The highest BCUT2D eigenvalue weighted by molar-refractivity contribution is 6.12. The molecule has 3 saturated carbocycles. The molecule has 18 heavy (non-hydrogen) atoms. The molecule has 3 aliphatic carbocycles. The number of rotatable bonds is 4. The number of fused-ring (bicyclic) bond motifs is 2. The van der Waals surface area contributed by atoms with Crippen molar-refractivity contribution in [2.24, 2.45) is 23.2 Å². The molecule has 0 aromatic carbocycles. The Hall–Kier alpha value is -0.265. The van der Waals surface area contributed by atoms with Gasteiger partial charge in [0, 0.05) is 12.3 Å². The van der Waals surface area contributed by atoms with E-state index in [0.29, 0.717) is 17.1 Å². The summed E-state index contributed by atoms with van der Waals surface area (Å²) >= 11 is 0. The zero-order valence-electron chi connectivity index (χ0n) is 12.1. The molecule has 2 heteroatoms. The Morgan fingerprint density at radius 3 is 2.56 bits per heavy atom. The molecule has 100 valence electrons. The van der Waals surface area contributed by atoms with Gasteiger partial charge in [0.15, 0.2) is 0 Å². The van der Waals surface area contributed by atoms with Crippen molar-refractivity contribution in [3.8, 4) is 0 Å². The summed E-state index contributed by atoms with van der Waals surface area (Å²) in [6.45, 7) is 2.40. The number of carbonyl (C=O) groups is 1. The van der Waals surface area contributed by atoms with Crippen LogP contribution in [0.3, 0.4) is 0 Å². The molecule has 0 saturated heterocycles. The van der Waals surface area contributed by atoms with Crippen molar-refractivity contribution in [2.45, 2.75) is 70.5 Å². The van der Waals surface area contributed by atoms with Crippen LogP contribution in [0.15, 0.2) is 0 Å². The van der Waals surface area contributed by atoms with Crippen LogP contribution in [-0.2, 0) is 4.79 Å². The maximum atomic E-state index is 12.5. The van der Waals surface area contributed by atoms with E-state index in [0.717, 1.165) is 30.5 Å². The van der Waals surface area contributed by atoms with Crippen molar-refractivity contribution in [1.29, 1.82) is 0 Å². The highest BCUT2D eigenvalue weighted by Gasteiger charge is 2.46. The van der Waals surface area contributed by atoms with E-state index < -0.39 is 0 Å². The summed E-state index contributed by atoms with van der Waals surface area (Å²) in [4.78, 5) is 12.5. The Balaban J connectivity index is 1.53. The Morgan fingerprint density at radius 1 is 1.22 bits per heavy atom. The van der Waals surface area contributed by atoms with Crippen LogP contribution in [0.25, 0.3) is 0 Å². The third-order valence-corrected chi connectivity index (χ3v) is 6.34. The van der Waals surface area contributed by atoms with E-state index in [1.807, 2.05) is 0 Å². The van der Waals surface area contributed by atoms with Gasteiger partial charge < -0.3 is 0 Å². The van der Waals surface area contributed by atoms with Crippen molar-refractivity contribution in [3.05, 3.63) is 0 Å². The fourth-order valence-corrected chi connectivity index (χ4v) is 5.16. The Kier molecular flexibility index (Phi) is 3.32. The molecule has 0 aliphatic heterocycles. The predicted molar refractivity (Wildman–Crippen MR) is 77.4 cm³/mol. The average molecular weight is 246 g/mol. The normalized spacial score (nSPS) is 41.4. The second kappa shape index (κ2) is 4.69. The van der Waals surface area contributed by atoms with Gasteiger partial charge in [0.05, 0.1) is 0 Å². The van der Waals surface area contributed by atoms with Crippen LogP contribution in [0.4, 0.5) is 0 Å². The van der Waals surface area contributed by atoms with Crippen LogP contribution < -0.4 is 0 Å². The van der Waals surface area contributed by atoms with Gasteiger partial charge in [-0.15, -0.1) is 0 Å². The van der Waals surface area contributed by atoms with Gasteiger partial charge in [-0.2, -0.15) is 0 Å². The minimum absolute atomic E-state index is 0.448. The third-order valence-electron chi connectivity index (χ3n) is 6.34. The standard InChI is InChI=1S/C16H27BO/c1-16(5-2-3-6-16)7-4-15(18)13-9-11-8-12(13)14(17)10-11/h11-14H,2-10,17H2,1H3. The van der Waals surface area contributed by atoms with Crippen molar-refractivity contribution in [1.82, 2.24) is 0 Å². The molecule has 3 aliphatic rings. The number of hydrogen-bond donors (Lipinski definition) is 0. The summed E-state index contributed by atoms with van der Waals surface area (Å²) in [5.74, 6) is 3.52. The first-order valence-corrected chi connectivity index (χ1v) is 8.10. The fourth-order valence-electron chi connectivity index (χ4n) is 5.16. The lowest BCUT2D eigenvalue weighted by atomic mass is 9.68. The second-order valence-corrected chi connectivity index (χ2v) is 7.80. The summed E-state index contributed by atoms with van der Waals surface area (Å²) in [6, 6.07) is 0. The van der Waals surface area contributed by atoms with Gasteiger partial charge >= 0.3 is 0 Å². The summed E-state index contributed by atoms with van der Waals surface area (Å²) in [5, 5.41) is 0. The predicted octanol–water partition coefficient (Wildman–Crippen LogP) is 3.38. The van der Waals surface area contributed by atoms with Gasteiger partial charge in [-0.1, -0.05) is 32.0 Å². The minimum Gasteiger partial charge on any atom is -0.299 e. The van der Waals surface area contributed by atoms with E-state index in [9.17, 15) is 4.79 Å². The highest BCUT2D eigenvalue weighted by atomic mass is 16.1. The molecule has 0 aromatic heterocycles. The van der Waals surface area contributed by atoms with Gasteiger partial charge in [-0.25, -0.2) is 0 Å². The van der Waals surface area contributed by atoms with Gasteiger partial charge in [0.25, 0.3) is 0 Å². The molecule has 2 bridgehead atoms. The van der Waals surface area contributed by atoms with Crippen LogP contribution in [-0.4, -0.2) is 13.6 Å². The minimum atomic E-state index is 0.448. The quantitative estimate of drug-likeness (QED) is 0.695. The van der Waals surface area contributed by atoms with Crippen LogP contribution in [0.1, 0.15) is 64.7 Å².